The number of carbonyl (C=O) groups is 2. The molecule has 0 unspecified atom stereocenters. The number of fused-ring (bicyclic) bond motifs is 1. The Morgan fingerprint density at radius 2 is 1.76 bits per heavy atom. The predicted molar refractivity (Wildman–Crippen MR) is 116 cm³/mol. The van der Waals surface area contributed by atoms with E-state index >= 15 is 0 Å². The van der Waals surface area contributed by atoms with Crippen LogP contribution in [0, 0.1) is 0 Å². The fraction of sp³-hybridized carbons (Fsp3) is 0.318. The van der Waals surface area contributed by atoms with Crippen LogP contribution in [0.5, 0.6) is 0 Å². The van der Waals surface area contributed by atoms with E-state index in [4.69, 9.17) is 0 Å². The summed E-state index contributed by atoms with van der Waals surface area (Å²) in [4.78, 5) is 40.6. The number of nitrogens with one attached hydrogen (secondary N) is 1. The fourth-order valence-electron chi connectivity index (χ4n) is 3.65. The first-order valence-corrected chi connectivity index (χ1v) is 10.6. The number of carbonyl (C=O) groups excluding carboxylic acids is 2. The number of likely N-dealkylation sites (tertiary alicyclic amines) is 1. The Morgan fingerprint density at radius 1 is 1.03 bits per heavy atom. The van der Waals surface area contributed by atoms with Crippen LogP contribution in [0.3, 0.4) is 0 Å². The lowest BCUT2D eigenvalue weighted by Gasteiger charge is -2.21. The topological polar surface area (TPSA) is 71.4 Å². The van der Waals surface area contributed by atoms with Crippen LogP contribution in [0.4, 0.5) is 5.69 Å². The average molecular weight is 410 g/mol. The van der Waals surface area contributed by atoms with E-state index in [-0.39, 0.29) is 23.1 Å². The SMILES string of the molecule is Cn1cc(C(=O)N2CCCCCC2)cc(NC(=O)c2cc3ccccc3s2)c1=O. The molecule has 150 valence electrons. The summed E-state index contributed by atoms with van der Waals surface area (Å²) < 4.78 is 2.36. The summed E-state index contributed by atoms with van der Waals surface area (Å²) in [6.07, 6.45) is 5.80. The van der Waals surface area contributed by atoms with Crippen molar-refractivity contribution < 1.29 is 9.59 Å². The van der Waals surface area contributed by atoms with Gasteiger partial charge >= 0.3 is 0 Å². The molecule has 3 aromatic rings. The molecule has 1 saturated heterocycles. The Bertz CT molecular complexity index is 1090. The maximum Gasteiger partial charge on any atom is 0.274 e. The van der Waals surface area contributed by atoms with Crippen LogP contribution >= 0.6 is 11.3 Å². The van der Waals surface area contributed by atoms with Crippen LogP contribution in [0.1, 0.15) is 45.7 Å². The lowest BCUT2D eigenvalue weighted by atomic mass is 10.2. The number of anilines is 1. The minimum absolute atomic E-state index is 0.0974. The molecule has 29 heavy (non-hydrogen) atoms. The number of pyridine rings is 1. The Kier molecular flexibility index (Phi) is 5.49. The Labute approximate surface area is 172 Å². The van der Waals surface area contributed by atoms with Gasteiger partial charge in [0.05, 0.1) is 10.4 Å². The van der Waals surface area contributed by atoms with E-state index in [1.165, 1.54) is 22.0 Å². The lowest BCUT2D eigenvalue weighted by Crippen LogP contribution is -2.33. The van der Waals surface area contributed by atoms with E-state index in [0.717, 1.165) is 48.9 Å². The molecule has 1 N–H and O–H groups in total. The molecule has 7 heteroatoms. The molecule has 0 spiro atoms. The summed E-state index contributed by atoms with van der Waals surface area (Å²) in [5.74, 6) is -0.442. The summed E-state index contributed by atoms with van der Waals surface area (Å²) >= 11 is 1.37. The molecular weight excluding hydrogens is 386 g/mol. The van der Waals surface area contributed by atoms with Gasteiger partial charge in [-0.2, -0.15) is 0 Å². The van der Waals surface area contributed by atoms with Crippen molar-refractivity contribution in [2.45, 2.75) is 25.7 Å². The van der Waals surface area contributed by atoms with E-state index in [9.17, 15) is 14.4 Å². The molecule has 1 aliphatic heterocycles. The smallest absolute Gasteiger partial charge is 0.274 e. The second-order valence-corrected chi connectivity index (χ2v) is 8.45. The molecular formula is C22H23N3O3S. The highest BCUT2D eigenvalue weighted by molar-refractivity contribution is 7.20. The van der Waals surface area contributed by atoms with Crippen molar-refractivity contribution in [3.63, 3.8) is 0 Å². The summed E-state index contributed by atoms with van der Waals surface area (Å²) in [5.41, 5.74) is 0.197. The quantitative estimate of drug-likeness (QED) is 0.714. The van der Waals surface area contributed by atoms with E-state index < -0.39 is 0 Å². The zero-order valence-corrected chi connectivity index (χ0v) is 17.1. The first-order valence-electron chi connectivity index (χ1n) is 9.83. The number of hydrogen-bond acceptors (Lipinski definition) is 4. The van der Waals surface area contributed by atoms with E-state index in [1.807, 2.05) is 35.2 Å². The van der Waals surface area contributed by atoms with Gasteiger partial charge in [-0.05, 0) is 36.4 Å². The molecule has 0 radical (unpaired) electrons. The van der Waals surface area contributed by atoms with Gasteiger partial charge in [-0.1, -0.05) is 31.0 Å². The van der Waals surface area contributed by atoms with Gasteiger partial charge < -0.3 is 14.8 Å². The third-order valence-electron chi connectivity index (χ3n) is 5.22. The Hall–Kier alpha value is -2.93. The molecule has 1 aliphatic rings. The van der Waals surface area contributed by atoms with Gasteiger partial charge in [0.2, 0.25) is 0 Å². The van der Waals surface area contributed by atoms with E-state index in [2.05, 4.69) is 5.32 Å². The van der Waals surface area contributed by atoms with Gasteiger partial charge in [-0.15, -0.1) is 11.3 Å². The summed E-state index contributed by atoms with van der Waals surface area (Å²) in [5, 5.41) is 3.69. The Balaban J connectivity index is 1.60. The van der Waals surface area contributed by atoms with Crippen molar-refractivity contribution in [2.24, 2.45) is 7.05 Å². The van der Waals surface area contributed by atoms with E-state index in [1.54, 1.807) is 13.2 Å². The van der Waals surface area contributed by atoms with Crippen LogP contribution < -0.4 is 10.9 Å². The molecule has 2 aromatic heterocycles. The number of aryl methyl sites for hydroxylation is 1. The van der Waals surface area contributed by atoms with Gasteiger partial charge in [0.1, 0.15) is 5.69 Å². The average Bonchev–Trinajstić information content (AvgIpc) is 2.97. The molecule has 4 rings (SSSR count). The summed E-state index contributed by atoms with van der Waals surface area (Å²) in [6, 6.07) is 11.1. The lowest BCUT2D eigenvalue weighted by molar-refractivity contribution is 0.0760. The van der Waals surface area contributed by atoms with Gasteiger partial charge in [0.25, 0.3) is 17.4 Å². The number of thiophene rings is 1. The highest BCUT2D eigenvalue weighted by Crippen LogP contribution is 2.26. The Morgan fingerprint density at radius 3 is 2.48 bits per heavy atom. The van der Waals surface area contributed by atoms with Gasteiger partial charge in [0.15, 0.2) is 0 Å². The zero-order valence-electron chi connectivity index (χ0n) is 16.3. The van der Waals surface area contributed by atoms with Crippen LogP contribution in [-0.2, 0) is 7.05 Å². The fourth-order valence-corrected chi connectivity index (χ4v) is 4.61. The standard InChI is InChI=1S/C22H23N3O3S/c1-24-14-16(21(27)25-10-6-2-3-7-11-25)12-17(22(24)28)23-20(26)19-13-15-8-4-5-9-18(15)29-19/h4-5,8-9,12-14H,2-3,6-7,10-11H2,1H3,(H,23,26). The van der Waals surface area contributed by atoms with Crippen LogP contribution in [0.15, 0.2) is 47.4 Å². The minimum Gasteiger partial charge on any atom is -0.339 e. The number of benzene rings is 1. The summed E-state index contributed by atoms with van der Waals surface area (Å²) in [7, 11) is 1.59. The number of rotatable bonds is 3. The first-order chi connectivity index (χ1) is 14.0. The highest BCUT2D eigenvalue weighted by atomic mass is 32.1. The number of aromatic nitrogens is 1. The third kappa shape index (κ3) is 4.10. The molecule has 0 bridgehead atoms. The summed E-state index contributed by atoms with van der Waals surface area (Å²) in [6.45, 7) is 1.45. The molecule has 0 saturated carbocycles. The second-order valence-electron chi connectivity index (χ2n) is 7.37. The largest absolute Gasteiger partial charge is 0.339 e. The molecule has 3 heterocycles. The highest BCUT2D eigenvalue weighted by Gasteiger charge is 2.20. The molecule has 1 aromatic carbocycles. The monoisotopic (exact) mass is 409 g/mol. The molecule has 2 amide bonds. The van der Waals surface area contributed by atoms with Crippen LogP contribution in [-0.4, -0.2) is 34.4 Å². The van der Waals surface area contributed by atoms with Crippen molar-refractivity contribution in [3.05, 3.63) is 63.4 Å². The maximum absolute atomic E-state index is 12.9. The molecule has 0 atom stereocenters. The van der Waals surface area contributed by atoms with Crippen molar-refractivity contribution in [1.29, 1.82) is 0 Å². The number of amides is 2. The number of nitrogens with zero attached hydrogens (tertiary/aromatic N) is 2. The zero-order chi connectivity index (χ0) is 20.4. The molecule has 0 aliphatic carbocycles. The van der Waals surface area contributed by atoms with Crippen molar-refractivity contribution in [2.75, 3.05) is 18.4 Å². The van der Waals surface area contributed by atoms with Crippen molar-refractivity contribution in [1.82, 2.24) is 9.47 Å². The van der Waals surface area contributed by atoms with Gasteiger partial charge in [-0.25, -0.2) is 0 Å². The van der Waals surface area contributed by atoms with Crippen LogP contribution in [0.2, 0.25) is 0 Å². The molecule has 1 fully saturated rings. The van der Waals surface area contributed by atoms with Crippen LogP contribution in [0.25, 0.3) is 10.1 Å². The molecule has 6 nitrogen and oxygen atoms in total. The predicted octanol–water partition coefficient (Wildman–Crippen LogP) is 3.87. The van der Waals surface area contributed by atoms with Crippen molar-refractivity contribution >= 4 is 38.9 Å². The van der Waals surface area contributed by atoms with Crippen molar-refractivity contribution in [3.8, 4) is 0 Å². The normalized spacial score (nSPS) is 14.6. The number of hydrogen-bond donors (Lipinski definition) is 1. The van der Waals surface area contributed by atoms with Gasteiger partial charge in [0, 0.05) is 31.0 Å². The minimum atomic E-state index is -0.345. The maximum atomic E-state index is 12.9. The van der Waals surface area contributed by atoms with Gasteiger partial charge in [-0.3, -0.25) is 14.4 Å². The first kappa shape index (κ1) is 19.4. The van der Waals surface area contributed by atoms with E-state index in [0.29, 0.717) is 10.4 Å². The second kappa shape index (κ2) is 8.21. The third-order valence-corrected chi connectivity index (χ3v) is 6.34.